The third kappa shape index (κ3) is 6.08. The van der Waals surface area contributed by atoms with Crippen molar-refractivity contribution < 1.29 is 18.1 Å². The SMILES string of the molecule is N#Cc1cc(F)cc(N(CCCCCc2nc(C3CC3)no2)C(=O)CCCF)c1. The monoisotopic (exact) mass is 402 g/mol. The first-order chi connectivity index (χ1) is 14.1. The largest absolute Gasteiger partial charge is 0.339 e. The van der Waals surface area contributed by atoms with E-state index < -0.39 is 12.5 Å². The summed E-state index contributed by atoms with van der Waals surface area (Å²) in [6, 6.07) is 5.72. The molecule has 6 nitrogen and oxygen atoms in total. The molecule has 0 bridgehead atoms. The van der Waals surface area contributed by atoms with E-state index in [1.54, 1.807) is 0 Å². The molecule has 1 saturated carbocycles. The molecule has 0 unspecified atom stereocenters. The highest BCUT2D eigenvalue weighted by Gasteiger charge is 2.28. The minimum absolute atomic E-state index is 0.0425. The summed E-state index contributed by atoms with van der Waals surface area (Å²) in [5, 5.41) is 13.0. The second-order valence-electron chi connectivity index (χ2n) is 7.28. The van der Waals surface area contributed by atoms with Gasteiger partial charge in [-0.15, -0.1) is 0 Å². The van der Waals surface area contributed by atoms with Crippen molar-refractivity contribution in [3.63, 3.8) is 0 Å². The average molecular weight is 402 g/mol. The van der Waals surface area contributed by atoms with Gasteiger partial charge in [-0.2, -0.15) is 10.2 Å². The van der Waals surface area contributed by atoms with Crippen LogP contribution in [0.1, 0.15) is 68.1 Å². The van der Waals surface area contributed by atoms with Crippen molar-refractivity contribution in [2.24, 2.45) is 0 Å². The van der Waals surface area contributed by atoms with Crippen LogP contribution in [0.4, 0.5) is 14.5 Å². The van der Waals surface area contributed by atoms with Gasteiger partial charge in [0.2, 0.25) is 11.8 Å². The van der Waals surface area contributed by atoms with Crippen LogP contribution in [0.3, 0.4) is 0 Å². The molecule has 8 heteroatoms. The standard InChI is InChI=1S/C21H24F2N4O2/c22-9-4-6-20(28)27(18-12-15(14-24)11-17(23)13-18)10-3-1-2-5-19-25-21(26-29-19)16-7-8-16/h11-13,16H,1-10H2. The maximum Gasteiger partial charge on any atom is 0.227 e. The number of hydrogen-bond donors (Lipinski definition) is 0. The number of aryl methyl sites for hydroxylation is 1. The van der Waals surface area contributed by atoms with Crippen molar-refractivity contribution >= 4 is 11.6 Å². The average Bonchev–Trinajstić information content (AvgIpc) is 3.46. The smallest absolute Gasteiger partial charge is 0.227 e. The highest BCUT2D eigenvalue weighted by atomic mass is 19.1. The zero-order valence-electron chi connectivity index (χ0n) is 16.2. The second-order valence-corrected chi connectivity index (χ2v) is 7.28. The first-order valence-electron chi connectivity index (χ1n) is 10.00. The van der Waals surface area contributed by atoms with Gasteiger partial charge in [0.05, 0.1) is 18.3 Å². The maximum atomic E-state index is 13.8. The van der Waals surface area contributed by atoms with Gasteiger partial charge in [0.25, 0.3) is 0 Å². The number of carbonyl (C=O) groups excluding carboxylic acids is 1. The number of aromatic nitrogens is 2. The van der Waals surface area contributed by atoms with Crippen molar-refractivity contribution in [3.05, 3.63) is 41.3 Å². The number of hydrogen-bond acceptors (Lipinski definition) is 5. The van der Waals surface area contributed by atoms with E-state index in [0.29, 0.717) is 36.9 Å². The Kier molecular flexibility index (Phi) is 7.28. The summed E-state index contributed by atoms with van der Waals surface area (Å²) in [5.74, 6) is 1.03. The molecule has 0 saturated heterocycles. The minimum Gasteiger partial charge on any atom is -0.339 e. The third-order valence-corrected chi connectivity index (χ3v) is 4.85. The Bertz CT molecular complexity index is 874. The molecule has 1 aliphatic rings. The van der Waals surface area contributed by atoms with Gasteiger partial charge in [0.1, 0.15) is 5.82 Å². The Balaban J connectivity index is 1.54. The van der Waals surface area contributed by atoms with Crippen LogP contribution in [-0.2, 0) is 11.2 Å². The van der Waals surface area contributed by atoms with Gasteiger partial charge in [-0.25, -0.2) is 4.39 Å². The molecular weight excluding hydrogens is 378 g/mol. The quantitative estimate of drug-likeness (QED) is 0.519. The molecule has 29 heavy (non-hydrogen) atoms. The highest BCUT2D eigenvalue weighted by Crippen LogP contribution is 2.38. The zero-order valence-corrected chi connectivity index (χ0v) is 16.2. The van der Waals surface area contributed by atoms with Gasteiger partial charge < -0.3 is 9.42 Å². The summed E-state index contributed by atoms with van der Waals surface area (Å²) >= 11 is 0. The molecule has 154 valence electrons. The third-order valence-electron chi connectivity index (χ3n) is 4.85. The molecular formula is C21H24F2N4O2. The molecule has 0 N–H and O–H groups in total. The van der Waals surface area contributed by atoms with E-state index >= 15 is 0 Å². The van der Waals surface area contributed by atoms with Gasteiger partial charge in [-0.05, 0) is 50.3 Å². The Labute approximate surface area is 168 Å². The Morgan fingerprint density at radius 1 is 1.24 bits per heavy atom. The van der Waals surface area contributed by atoms with Gasteiger partial charge in [0, 0.05) is 31.0 Å². The van der Waals surface area contributed by atoms with Crippen LogP contribution in [0.25, 0.3) is 0 Å². The summed E-state index contributed by atoms with van der Waals surface area (Å²) in [6.45, 7) is -0.212. The molecule has 1 aromatic carbocycles. The molecule has 3 rings (SSSR count). The number of anilines is 1. The first kappa shape index (κ1) is 20.9. The Morgan fingerprint density at radius 3 is 2.79 bits per heavy atom. The lowest BCUT2D eigenvalue weighted by Gasteiger charge is -2.23. The van der Waals surface area contributed by atoms with Crippen molar-refractivity contribution in [3.8, 4) is 6.07 Å². The molecule has 0 radical (unpaired) electrons. The number of halogens is 2. The van der Waals surface area contributed by atoms with Crippen molar-refractivity contribution in [2.45, 2.75) is 57.3 Å². The van der Waals surface area contributed by atoms with E-state index in [1.807, 2.05) is 6.07 Å². The molecule has 1 amide bonds. The lowest BCUT2D eigenvalue weighted by molar-refractivity contribution is -0.118. The number of carbonyl (C=O) groups is 1. The van der Waals surface area contributed by atoms with Gasteiger partial charge in [0.15, 0.2) is 5.82 Å². The topological polar surface area (TPSA) is 83.0 Å². The molecule has 1 fully saturated rings. The van der Waals surface area contributed by atoms with E-state index in [4.69, 9.17) is 9.78 Å². The molecule has 0 aliphatic heterocycles. The molecule has 2 aromatic rings. The maximum absolute atomic E-state index is 13.8. The van der Waals surface area contributed by atoms with Crippen LogP contribution < -0.4 is 4.90 Å². The van der Waals surface area contributed by atoms with Gasteiger partial charge >= 0.3 is 0 Å². The van der Waals surface area contributed by atoms with Crippen LogP contribution in [0.15, 0.2) is 22.7 Å². The summed E-state index contributed by atoms with van der Waals surface area (Å²) in [4.78, 5) is 18.3. The van der Waals surface area contributed by atoms with Gasteiger partial charge in [-0.3, -0.25) is 9.18 Å². The fraction of sp³-hybridized carbons (Fsp3) is 0.524. The normalized spacial score (nSPS) is 13.3. The molecule has 1 heterocycles. The molecule has 0 spiro atoms. The van der Waals surface area contributed by atoms with Crippen molar-refractivity contribution in [2.75, 3.05) is 18.1 Å². The Morgan fingerprint density at radius 2 is 2.07 bits per heavy atom. The lowest BCUT2D eigenvalue weighted by Crippen LogP contribution is -2.32. The van der Waals surface area contributed by atoms with Crippen molar-refractivity contribution in [1.82, 2.24) is 10.1 Å². The number of unbranched alkanes of at least 4 members (excludes halogenated alkanes) is 2. The van der Waals surface area contributed by atoms with Crippen LogP contribution >= 0.6 is 0 Å². The first-order valence-corrected chi connectivity index (χ1v) is 10.00. The molecule has 1 aromatic heterocycles. The van der Waals surface area contributed by atoms with Crippen LogP contribution in [0, 0.1) is 17.1 Å². The predicted molar refractivity (Wildman–Crippen MR) is 103 cm³/mol. The molecule has 1 aliphatic carbocycles. The number of benzene rings is 1. The Hall–Kier alpha value is -2.82. The van der Waals surface area contributed by atoms with Gasteiger partial charge in [-0.1, -0.05) is 11.6 Å². The van der Waals surface area contributed by atoms with Crippen LogP contribution in [0.2, 0.25) is 0 Å². The number of amides is 1. The number of nitrogens with zero attached hydrogens (tertiary/aromatic N) is 4. The van der Waals surface area contributed by atoms with Crippen molar-refractivity contribution in [1.29, 1.82) is 5.26 Å². The number of alkyl halides is 1. The van der Waals surface area contributed by atoms with E-state index in [0.717, 1.165) is 37.6 Å². The van der Waals surface area contributed by atoms with E-state index in [-0.39, 0.29) is 24.3 Å². The second kappa shape index (κ2) is 10.1. The van der Waals surface area contributed by atoms with E-state index in [2.05, 4.69) is 10.1 Å². The summed E-state index contributed by atoms with van der Waals surface area (Å²) in [7, 11) is 0. The zero-order chi connectivity index (χ0) is 20.6. The number of rotatable bonds is 11. The lowest BCUT2D eigenvalue weighted by atomic mass is 10.1. The van der Waals surface area contributed by atoms with E-state index in [9.17, 15) is 13.6 Å². The summed E-state index contributed by atoms with van der Waals surface area (Å²) in [5.41, 5.74) is 0.475. The molecule has 0 atom stereocenters. The predicted octanol–water partition coefficient (Wildman–Crippen LogP) is 4.45. The fourth-order valence-electron chi connectivity index (χ4n) is 3.15. The van der Waals surface area contributed by atoms with Crippen LogP contribution in [-0.4, -0.2) is 29.3 Å². The number of nitriles is 1. The fourth-order valence-corrected chi connectivity index (χ4v) is 3.15. The van der Waals surface area contributed by atoms with Crippen LogP contribution in [0.5, 0.6) is 0 Å². The summed E-state index contributed by atoms with van der Waals surface area (Å²) in [6.07, 6.45) is 5.41. The minimum atomic E-state index is -0.584. The van der Waals surface area contributed by atoms with E-state index in [1.165, 1.54) is 17.0 Å². The summed E-state index contributed by atoms with van der Waals surface area (Å²) < 4.78 is 31.5. The highest BCUT2D eigenvalue weighted by molar-refractivity contribution is 5.93.